The Labute approximate surface area is 39.5 Å². The fourth-order valence-electron chi connectivity index (χ4n) is 0. The van der Waals surface area contributed by atoms with E-state index in [4.69, 9.17) is 0 Å². The molecule has 0 saturated carbocycles. The van der Waals surface area contributed by atoms with Gasteiger partial charge in [-0.15, -0.1) is 0 Å². The van der Waals surface area contributed by atoms with E-state index in [-0.39, 0.29) is 7.43 Å². The third-order valence-corrected chi connectivity index (χ3v) is 0. The summed E-state index contributed by atoms with van der Waals surface area (Å²) in [6.45, 7) is 0. The van der Waals surface area contributed by atoms with Gasteiger partial charge in [0.05, 0.1) is 10.2 Å². The highest BCUT2D eigenvalue weighted by Gasteiger charge is 1.43. The Morgan fingerprint density at radius 1 is 1.25 bits per heavy atom. The van der Waals surface area contributed by atoms with Crippen LogP contribution in [0.2, 0.25) is 0 Å². The molecule has 3 heteroatoms. The first kappa shape index (κ1) is 8.87. The van der Waals surface area contributed by atoms with Gasteiger partial charge in [0.15, 0.2) is 0 Å². The smallest absolute Gasteiger partial charge is 0.0523 e. The van der Waals surface area contributed by atoms with Crippen LogP contribution in [-0.2, 0) is 0 Å². The summed E-state index contributed by atoms with van der Waals surface area (Å²) in [5.41, 5.74) is 0. The number of hydrogen-bond acceptors (Lipinski definition) is 1. The molecule has 0 aliphatic carbocycles. The van der Waals surface area contributed by atoms with Gasteiger partial charge in [0.1, 0.15) is 0 Å². The Morgan fingerprint density at radius 3 is 1.25 bits per heavy atom. The Morgan fingerprint density at radius 2 is 1.25 bits per heavy atom. The first-order valence-electron chi connectivity index (χ1n) is 0.309. The van der Waals surface area contributed by atoms with Crippen LogP contribution in [0.15, 0.2) is 0 Å². The van der Waals surface area contributed by atoms with Crippen molar-refractivity contribution in [2.75, 3.05) is 0 Å². The van der Waals surface area contributed by atoms with Crippen molar-refractivity contribution in [3.63, 3.8) is 0 Å². The molecule has 0 unspecified atom stereocenters. The molecule has 0 nitrogen and oxygen atoms in total. The molecule has 0 aliphatic heterocycles. The average molecular weight is 119 g/mol. The van der Waals surface area contributed by atoms with Crippen LogP contribution in [0.3, 0.4) is 0 Å². The van der Waals surface area contributed by atoms with E-state index >= 15 is 0 Å². The molecular weight excluding hydrogens is 115 g/mol. The van der Waals surface area contributed by atoms with Gasteiger partial charge < -0.3 is 0 Å². The van der Waals surface area contributed by atoms with E-state index in [1.165, 1.54) is 0 Å². The van der Waals surface area contributed by atoms with Crippen LogP contribution in [0.4, 0.5) is 0 Å². The van der Waals surface area contributed by atoms with Gasteiger partial charge in [-0.2, -0.15) is 0 Å². The van der Waals surface area contributed by atoms with Gasteiger partial charge >= 0.3 is 0 Å². The zero-order valence-corrected chi connectivity index (χ0v) is 3.49. The summed E-state index contributed by atoms with van der Waals surface area (Å²) in [6.07, 6.45) is 0. The summed E-state index contributed by atoms with van der Waals surface area (Å²) in [6, 6.07) is 0. The van der Waals surface area contributed by atoms with Crippen molar-refractivity contribution in [3.05, 3.63) is 0 Å². The van der Waals surface area contributed by atoms with E-state index in [0.717, 1.165) is 0 Å². The van der Waals surface area contributed by atoms with Gasteiger partial charge in [0, 0.05) is 0 Å². The maximum absolute atomic E-state index is 4.68. The Hall–Kier alpha value is 0.930. The number of rotatable bonds is 0. The van der Waals surface area contributed by atoms with E-state index in [0.29, 0.717) is 10.2 Å². The van der Waals surface area contributed by atoms with Crippen molar-refractivity contribution in [3.8, 4) is 0 Å². The van der Waals surface area contributed by atoms with Gasteiger partial charge in [0.2, 0.25) is 0 Å². The predicted molar refractivity (Wildman–Crippen MR) is 26.0 cm³/mol. The zero-order valence-electron chi connectivity index (χ0n) is 1.16. The SMILES string of the molecule is C.ClSCl. The molecule has 0 bridgehead atoms. The lowest BCUT2D eigenvalue weighted by atomic mass is 12.0. The zero-order chi connectivity index (χ0) is 2.71. The maximum Gasteiger partial charge on any atom is 0.0523 e. The Balaban J connectivity index is 0. The largest absolute Gasteiger partial charge is 0.0776 e. The highest BCUT2D eigenvalue weighted by molar-refractivity contribution is 8.38. The minimum Gasteiger partial charge on any atom is -0.0776 e. The molecule has 0 N–H and O–H groups in total. The normalized spacial score (nSPS) is 4.50. The minimum absolute atomic E-state index is 0. The second-order valence-electron chi connectivity index (χ2n) is 0.0583. The highest BCUT2D eigenvalue weighted by atomic mass is 36.0. The third-order valence-electron chi connectivity index (χ3n) is 0. The average Bonchev–Trinajstić information content (AvgIpc) is 0.918. The van der Waals surface area contributed by atoms with Crippen molar-refractivity contribution in [1.82, 2.24) is 0 Å². The maximum atomic E-state index is 4.68. The molecule has 0 atom stereocenters. The quantitative estimate of drug-likeness (QED) is 0.472. The predicted octanol–water partition coefficient (Wildman–Crippen LogP) is 2.66. The van der Waals surface area contributed by atoms with Crippen LogP contribution in [0, 0.1) is 0 Å². The molecule has 0 heterocycles. The summed E-state index contributed by atoms with van der Waals surface area (Å²) in [7, 11) is 10.1. The van der Waals surface area contributed by atoms with Crippen LogP contribution in [-0.4, -0.2) is 0 Å². The Bertz CT molecular complexity index is 6.00. The molecule has 0 spiro atoms. The summed E-state index contributed by atoms with van der Waals surface area (Å²) < 4.78 is 0. The fraction of sp³-hybridized carbons (Fsp3) is 1.00. The van der Waals surface area contributed by atoms with Crippen molar-refractivity contribution < 1.29 is 0 Å². The molecule has 4 heavy (non-hydrogen) atoms. The molecular formula is CH4Cl2S. The lowest BCUT2D eigenvalue weighted by Crippen LogP contribution is -0.745. The van der Waals surface area contributed by atoms with Gasteiger partial charge in [-0.25, -0.2) is 0 Å². The van der Waals surface area contributed by atoms with Crippen molar-refractivity contribution >= 4 is 31.6 Å². The molecule has 0 rings (SSSR count). The molecule has 0 radical (unpaired) electrons. The Kier molecular flexibility index (Phi) is 20.1. The highest BCUT2D eigenvalue weighted by Crippen LogP contribution is 2.08. The van der Waals surface area contributed by atoms with Crippen LogP contribution in [0.1, 0.15) is 7.43 Å². The first-order valence-corrected chi connectivity index (χ1v) is 2.78. The fourth-order valence-corrected chi connectivity index (χ4v) is 0. The molecule has 0 amide bonds. The number of halogens is 2. The van der Waals surface area contributed by atoms with E-state index in [1.54, 1.807) is 0 Å². The molecule has 0 saturated heterocycles. The van der Waals surface area contributed by atoms with Gasteiger partial charge in [0.25, 0.3) is 0 Å². The standard InChI is InChI=1S/CH4.Cl2S/c;1-3-2/h1H4;. The van der Waals surface area contributed by atoms with Gasteiger partial charge in [-0.1, -0.05) is 7.43 Å². The summed E-state index contributed by atoms with van der Waals surface area (Å²) in [4.78, 5) is 0. The summed E-state index contributed by atoms with van der Waals surface area (Å²) in [5.74, 6) is 0. The second kappa shape index (κ2) is 9.06. The van der Waals surface area contributed by atoms with Crippen molar-refractivity contribution in [2.24, 2.45) is 0 Å². The lowest BCUT2D eigenvalue weighted by Gasteiger charge is -1.40. The molecule has 0 fully saturated rings. The van der Waals surface area contributed by atoms with Gasteiger partial charge in [-0.3, -0.25) is 0 Å². The lowest BCUT2D eigenvalue weighted by molar-refractivity contribution is 2.50. The monoisotopic (exact) mass is 118 g/mol. The van der Waals surface area contributed by atoms with Crippen LogP contribution < -0.4 is 0 Å². The second-order valence-corrected chi connectivity index (χ2v) is 1.57. The van der Waals surface area contributed by atoms with E-state index in [2.05, 4.69) is 21.4 Å². The summed E-state index contributed by atoms with van der Waals surface area (Å²) in [5, 5.41) is 0. The minimum atomic E-state index is 0. The van der Waals surface area contributed by atoms with Gasteiger partial charge in [-0.05, 0) is 21.4 Å². The molecule has 0 aromatic rings. The molecule has 0 aromatic carbocycles. The van der Waals surface area contributed by atoms with Crippen molar-refractivity contribution in [2.45, 2.75) is 7.43 Å². The van der Waals surface area contributed by atoms with E-state index < -0.39 is 0 Å². The van der Waals surface area contributed by atoms with Crippen LogP contribution >= 0.6 is 31.6 Å². The first-order chi connectivity index (χ1) is 1.41. The van der Waals surface area contributed by atoms with Crippen molar-refractivity contribution in [1.29, 1.82) is 0 Å². The van der Waals surface area contributed by atoms with E-state index in [9.17, 15) is 0 Å². The van der Waals surface area contributed by atoms with Crippen LogP contribution in [0.25, 0.3) is 0 Å². The van der Waals surface area contributed by atoms with E-state index in [1.807, 2.05) is 0 Å². The number of hydrogen-bond donors (Lipinski definition) is 0. The molecule has 0 aliphatic rings. The van der Waals surface area contributed by atoms with Crippen LogP contribution in [0.5, 0.6) is 0 Å². The third kappa shape index (κ3) is 12.6. The molecule has 28 valence electrons. The summed E-state index contributed by atoms with van der Waals surface area (Å²) >= 11 is 0. The molecule has 0 aromatic heterocycles. The topological polar surface area (TPSA) is 0 Å².